The van der Waals surface area contributed by atoms with Gasteiger partial charge in [-0.05, 0) is 72.7 Å². The standard InChI is InChI=1S/C35H33F3N4O3S/c1-4-31(34(45)40-29-16-9-8-15-28(29)35(36,37)38)46-27-14-10-13-25(22-27)39-33(44)30(41-32(43)24-11-6-5-7-12-24)21-23-17-19-26(20-18-23)42(2)3/h5-22,31H,4H2,1-3H3,(H,39,44)(H,40,45)(H,41,43)/b30-21+. The second kappa shape index (κ2) is 15.3. The third-order valence-corrected chi connectivity index (χ3v) is 8.13. The molecule has 0 aromatic heterocycles. The monoisotopic (exact) mass is 646 g/mol. The minimum atomic E-state index is -4.62. The van der Waals surface area contributed by atoms with Crippen LogP contribution in [0, 0.1) is 0 Å². The Morgan fingerprint density at radius 3 is 2.17 bits per heavy atom. The van der Waals surface area contributed by atoms with Crippen LogP contribution in [0.4, 0.5) is 30.2 Å². The summed E-state index contributed by atoms with van der Waals surface area (Å²) in [7, 11) is 3.83. The zero-order valence-corrected chi connectivity index (χ0v) is 26.2. The second-order valence-electron chi connectivity index (χ2n) is 10.4. The molecule has 238 valence electrons. The lowest BCUT2D eigenvalue weighted by molar-refractivity contribution is -0.137. The Bertz CT molecular complexity index is 1710. The minimum Gasteiger partial charge on any atom is -0.378 e. The number of carbonyl (C=O) groups excluding carboxylic acids is 3. The Hall–Kier alpha value is -5.03. The second-order valence-corrected chi connectivity index (χ2v) is 11.7. The van der Waals surface area contributed by atoms with E-state index in [1.165, 1.54) is 18.2 Å². The molecule has 0 aliphatic rings. The van der Waals surface area contributed by atoms with Crippen LogP contribution >= 0.6 is 11.8 Å². The van der Waals surface area contributed by atoms with Crippen molar-refractivity contribution in [1.82, 2.24) is 5.32 Å². The maximum atomic E-state index is 13.5. The van der Waals surface area contributed by atoms with E-state index in [2.05, 4.69) is 16.0 Å². The van der Waals surface area contributed by atoms with Gasteiger partial charge in [-0.25, -0.2) is 0 Å². The molecule has 46 heavy (non-hydrogen) atoms. The third kappa shape index (κ3) is 9.24. The van der Waals surface area contributed by atoms with Crippen LogP contribution in [0.2, 0.25) is 0 Å². The number of carbonyl (C=O) groups is 3. The Labute approximate surface area is 269 Å². The van der Waals surface area contributed by atoms with Gasteiger partial charge in [-0.1, -0.05) is 55.5 Å². The van der Waals surface area contributed by atoms with Crippen molar-refractivity contribution >= 4 is 52.6 Å². The summed E-state index contributed by atoms with van der Waals surface area (Å²) in [5.41, 5.74) is 1.21. The summed E-state index contributed by atoms with van der Waals surface area (Å²) in [5, 5.41) is 7.22. The molecule has 3 N–H and O–H groups in total. The van der Waals surface area contributed by atoms with Crippen molar-refractivity contribution in [2.75, 3.05) is 29.6 Å². The maximum absolute atomic E-state index is 13.5. The van der Waals surface area contributed by atoms with Crippen molar-refractivity contribution in [3.63, 3.8) is 0 Å². The Kier molecular flexibility index (Phi) is 11.3. The van der Waals surface area contributed by atoms with Crippen LogP contribution in [0.15, 0.2) is 114 Å². The Morgan fingerprint density at radius 2 is 1.52 bits per heavy atom. The molecule has 0 bridgehead atoms. The number of benzene rings is 4. The molecule has 4 rings (SSSR count). The van der Waals surface area contributed by atoms with Crippen LogP contribution in [0.3, 0.4) is 0 Å². The van der Waals surface area contributed by atoms with Crippen molar-refractivity contribution < 1.29 is 27.6 Å². The van der Waals surface area contributed by atoms with Gasteiger partial charge in [-0.3, -0.25) is 14.4 Å². The summed E-state index contributed by atoms with van der Waals surface area (Å²) in [5.74, 6) is -1.61. The number of anilines is 3. The molecule has 3 amide bonds. The van der Waals surface area contributed by atoms with Gasteiger partial charge in [0, 0.05) is 35.9 Å². The first kappa shape index (κ1) is 33.9. The van der Waals surface area contributed by atoms with E-state index < -0.39 is 34.7 Å². The molecule has 7 nitrogen and oxygen atoms in total. The summed E-state index contributed by atoms with van der Waals surface area (Å²) >= 11 is 1.16. The lowest BCUT2D eigenvalue weighted by Gasteiger charge is -2.18. The average molecular weight is 647 g/mol. The topological polar surface area (TPSA) is 90.5 Å². The molecule has 0 spiro atoms. The van der Waals surface area contributed by atoms with Gasteiger partial charge in [-0.2, -0.15) is 13.2 Å². The number of nitrogens with zero attached hydrogens (tertiary/aromatic N) is 1. The predicted octanol–water partition coefficient (Wildman–Crippen LogP) is 7.69. The van der Waals surface area contributed by atoms with E-state index in [1.54, 1.807) is 67.6 Å². The molecule has 0 aliphatic heterocycles. The molecule has 0 radical (unpaired) electrons. The molecule has 4 aromatic carbocycles. The third-order valence-electron chi connectivity index (χ3n) is 6.77. The van der Waals surface area contributed by atoms with Gasteiger partial charge in [0.2, 0.25) is 5.91 Å². The minimum absolute atomic E-state index is 0.0126. The lowest BCUT2D eigenvalue weighted by Crippen LogP contribution is -2.30. The van der Waals surface area contributed by atoms with Crippen molar-refractivity contribution in [2.45, 2.75) is 29.7 Å². The highest BCUT2D eigenvalue weighted by Gasteiger charge is 2.34. The average Bonchev–Trinajstić information content (AvgIpc) is 3.03. The normalized spacial score (nSPS) is 12.2. The van der Waals surface area contributed by atoms with Gasteiger partial charge in [0.25, 0.3) is 11.8 Å². The molecule has 11 heteroatoms. The van der Waals surface area contributed by atoms with Gasteiger partial charge in [0.15, 0.2) is 0 Å². The smallest absolute Gasteiger partial charge is 0.378 e. The molecule has 0 fully saturated rings. The van der Waals surface area contributed by atoms with Crippen molar-refractivity contribution in [3.8, 4) is 0 Å². The van der Waals surface area contributed by atoms with Crippen molar-refractivity contribution in [2.24, 2.45) is 0 Å². The fourth-order valence-corrected chi connectivity index (χ4v) is 5.38. The SMILES string of the molecule is CCC(Sc1cccc(NC(=O)/C(=C\c2ccc(N(C)C)cc2)NC(=O)c2ccccc2)c1)C(=O)Nc1ccccc1C(F)(F)F. The first-order chi connectivity index (χ1) is 21.9. The number of alkyl halides is 3. The molecule has 1 unspecified atom stereocenters. The maximum Gasteiger partial charge on any atom is 0.418 e. The Balaban J connectivity index is 1.52. The molecule has 0 heterocycles. The zero-order valence-electron chi connectivity index (χ0n) is 25.4. The van der Waals surface area contributed by atoms with E-state index in [4.69, 9.17) is 0 Å². The molecule has 0 saturated carbocycles. The van der Waals surface area contributed by atoms with Crippen LogP contribution in [-0.2, 0) is 15.8 Å². The van der Waals surface area contributed by atoms with Gasteiger partial charge < -0.3 is 20.9 Å². The van der Waals surface area contributed by atoms with Crippen molar-refractivity contribution in [3.05, 3.63) is 126 Å². The van der Waals surface area contributed by atoms with E-state index in [1.807, 2.05) is 43.3 Å². The van der Waals surface area contributed by atoms with Gasteiger partial charge in [0.05, 0.1) is 16.5 Å². The van der Waals surface area contributed by atoms with Crippen LogP contribution in [0.1, 0.15) is 34.8 Å². The number of para-hydroxylation sites is 1. The van der Waals surface area contributed by atoms with Crippen LogP contribution in [-0.4, -0.2) is 37.1 Å². The highest BCUT2D eigenvalue weighted by atomic mass is 32.2. The van der Waals surface area contributed by atoms with Crippen LogP contribution < -0.4 is 20.9 Å². The summed E-state index contributed by atoms with van der Waals surface area (Å²) in [6.45, 7) is 1.76. The molecular weight excluding hydrogens is 613 g/mol. The summed E-state index contributed by atoms with van der Waals surface area (Å²) in [4.78, 5) is 42.1. The number of rotatable bonds is 11. The summed E-state index contributed by atoms with van der Waals surface area (Å²) < 4.78 is 40.3. The fraction of sp³-hybridized carbons (Fsp3) is 0.171. The predicted molar refractivity (Wildman–Crippen MR) is 178 cm³/mol. The largest absolute Gasteiger partial charge is 0.418 e. The number of hydrogen-bond acceptors (Lipinski definition) is 5. The molecule has 4 aromatic rings. The molecule has 0 aliphatic carbocycles. The number of halogens is 3. The van der Waals surface area contributed by atoms with E-state index in [-0.39, 0.29) is 11.4 Å². The molecule has 0 saturated heterocycles. The quantitative estimate of drug-likeness (QED) is 0.115. The van der Waals surface area contributed by atoms with Crippen LogP contribution in [0.5, 0.6) is 0 Å². The van der Waals surface area contributed by atoms with E-state index >= 15 is 0 Å². The number of thioether (sulfide) groups is 1. The van der Waals surface area contributed by atoms with Gasteiger partial charge in [0.1, 0.15) is 5.70 Å². The number of amides is 3. The fourth-order valence-electron chi connectivity index (χ4n) is 4.36. The summed E-state index contributed by atoms with van der Waals surface area (Å²) in [6, 6.07) is 27.5. The molecule has 1 atom stereocenters. The first-order valence-corrected chi connectivity index (χ1v) is 15.2. The highest BCUT2D eigenvalue weighted by Crippen LogP contribution is 2.35. The van der Waals surface area contributed by atoms with Gasteiger partial charge in [-0.15, -0.1) is 11.8 Å². The molecular formula is C35H33F3N4O3S. The summed E-state index contributed by atoms with van der Waals surface area (Å²) in [6.07, 6.45) is -2.70. The zero-order chi connectivity index (χ0) is 33.3. The van der Waals surface area contributed by atoms with E-state index in [9.17, 15) is 27.6 Å². The first-order valence-electron chi connectivity index (χ1n) is 14.3. The van der Waals surface area contributed by atoms with Crippen LogP contribution in [0.25, 0.3) is 6.08 Å². The van der Waals surface area contributed by atoms with Crippen molar-refractivity contribution in [1.29, 1.82) is 0 Å². The number of hydrogen-bond donors (Lipinski definition) is 3. The van der Waals surface area contributed by atoms with E-state index in [0.717, 1.165) is 23.5 Å². The Morgan fingerprint density at radius 1 is 0.848 bits per heavy atom. The highest BCUT2D eigenvalue weighted by molar-refractivity contribution is 8.00. The van der Waals surface area contributed by atoms with E-state index in [0.29, 0.717) is 28.1 Å². The lowest BCUT2D eigenvalue weighted by atomic mass is 10.1. The van der Waals surface area contributed by atoms with Gasteiger partial charge >= 0.3 is 6.18 Å². The number of nitrogens with one attached hydrogen (secondary N) is 3.